The Morgan fingerprint density at radius 3 is 2.35 bits per heavy atom. The molecule has 166 valence electrons. The van der Waals surface area contributed by atoms with Crippen molar-refractivity contribution in [1.29, 1.82) is 0 Å². The molecule has 0 atom stereocenters. The molecule has 0 unspecified atom stereocenters. The van der Waals surface area contributed by atoms with Crippen LogP contribution in [0.2, 0.25) is 5.02 Å². The summed E-state index contributed by atoms with van der Waals surface area (Å²) in [5.41, 5.74) is -0.559. The normalized spacial score (nSPS) is 15.3. The molecule has 1 amide bonds. The van der Waals surface area contributed by atoms with Crippen molar-refractivity contribution in [2.75, 3.05) is 11.3 Å². The summed E-state index contributed by atoms with van der Waals surface area (Å²) in [6.07, 6.45) is 2.64. The molecule has 3 rings (SSSR count). The molecule has 1 aliphatic carbocycles. The summed E-state index contributed by atoms with van der Waals surface area (Å²) in [6, 6.07) is 8.80. The van der Waals surface area contributed by atoms with E-state index in [2.05, 4.69) is 10.0 Å². The van der Waals surface area contributed by atoms with Crippen LogP contribution in [0.5, 0.6) is 0 Å². The molecule has 2 aromatic carbocycles. The fourth-order valence-electron chi connectivity index (χ4n) is 3.47. The molecule has 1 fully saturated rings. The van der Waals surface area contributed by atoms with Crippen molar-refractivity contribution in [3.63, 3.8) is 0 Å². The molecule has 0 spiro atoms. The van der Waals surface area contributed by atoms with Gasteiger partial charge in [-0.25, -0.2) is 17.6 Å². The van der Waals surface area contributed by atoms with Crippen LogP contribution in [-0.4, -0.2) is 32.4 Å². The summed E-state index contributed by atoms with van der Waals surface area (Å²) in [7, 11) is -3.99. The van der Waals surface area contributed by atoms with Gasteiger partial charge in [0.1, 0.15) is 11.4 Å². The maximum absolute atomic E-state index is 13.3. The number of rotatable bonds is 7. The van der Waals surface area contributed by atoms with E-state index in [0.717, 1.165) is 31.0 Å². The minimum Gasteiger partial charge on any atom is -0.464 e. The van der Waals surface area contributed by atoms with Crippen LogP contribution in [0.1, 0.15) is 43.0 Å². The van der Waals surface area contributed by atoms with E-state index in [1.54, 1.807) is 6.92 Å². The quantitative estimate of drug-likeness (QED) is 0.600. The third-order valence-electron chi connectivity index (χ3n) is 5.08. The lowest BCUT2D eigenvalue weighted by Crippen LogP contribution is -2.53. The number of sulfonamides is 1. The Labute approximate surface area is 185 Å². The first-order valence-corrected chi connectivity index (χ1v) is 11.6. The highest BCUT2D eigenvalue weighted by atomic mass is 35.5. The van der Waals surface area contributed by atoms with Crippen molar-refractivity contribution in [3.05, 3.63) is 58.9 Å². The molecule has 1 saturated carbocycles. The molecule has 0 radical (unpaired) electrons. The van der Waals surface area contributed by atoms with E-state index in [4.69, 9.17) is 16.3 Å². The number of anilines is 1. The molecule has 10 heteroatoms. The Balaban J connectivity index is 1.72. The van der Waals surface area contributed by atoms with Gasteiger partial charge in [0.05, 0.1) is 16.5 Å². The number of ether oxygens (including phenoxy) is 1. The Morgan fingerprint density at radius 1 is 1.13 bits per heavy atom. The molecule has 0 aliphatic heterocycles. The number of esters is 1. The maximum atomic E-state index is 13.3. The van der Waals surface area contributed by atoms with Crippen LogP contribution >= 0.6 is 11.6 Å². The molecule has 0 aromatic heterocycles. The van der Waals surface area contributed by atoms with Crippen LogP contribution in [0.4, 0.5) is 10.1 Å². The third kappa shape index (κ3) is 5.16. The minimum absolute atomic E-state index is 0.196. The number of benzene rings is 2. The zero-order valence-electron chi connectivity index (χ0n) is 16.8. The van der Waals surface area contributed by atoms with Gasteiger partial charge < -0.3 is 10.1 Å². The summed E-state index contributed by atoms with van der Waals surface area (Å²) < 4.78 is 45.7. The zero-order valence-corrected chi connectivity index (χ0v) is 18.4. The van der Waals surface area contributed by atoms with Crippen LogP contribution in [0, 0.1) is 5.82 Å². The van der Waals surface area contributed by atoms with Gasteiger partial charge in [-0.3, -0.25) is 9.52 Å². The van der Waals surface area contributed by atoms with Crippen molar-refractivity contribution < 1.29 is 27.1 Å². The highest BCUT2D eigenvalue weighted by Crippen LogP contribution is 2.31. The smallest absolute Gasteiger partial charge is 0.331 e. The lowest BCUT2D eigenvalue weighted by Gasteiger charge is -2.27. The standard InChI is InChI=1S/C21H22ClFN2O5S/c1-2-30-20(27)21(11-3-4-12-21)24-19(26)14-5-7-15(8-6-14)25-31(28,29)16-9-10-18(23)17(22)13-16/h5-10,13,25H,2-4,11-12H2,1H3,(H,24,26). The van der Waals surface area contributed by atoms with Crippen LogP contribution in [-0.2, 0) is 19.6 Å². The van der Waals surface area contributed by atoms with Gasteiger partial charge in [-0.15, -0.1) is 0 Å². The van der Waals surface area contributed by atoms with E-state index < -0.39 is 33.3 Å². The topological polar surface area (TPSA) is 102 Å². The van der Waals surface area contributed by atoms with Gasteiger partial charge in [-0.05, 0) is 62.2 Å². The average Bonchev–Trinajstić information content (AvgIpc) is 3.20. The van der Waals surface area contributed by atoms with E-state index in [-0.39, 0.29) is 27.8 Å². The Morgan fingerprint density at radius 2 is 1.77 bits per heavy atom. The molecule has 0 heterocycles. The number of halogens is 2. The van der Waals surface area contributed by atoms with E-state index in [9.17, 15) is 22.4 Å². The summed E-state index contributed by atoms with van der Waals surface area (Å²) in [5, 5.41) is 2.49. The molecule has 2 aromatic rings. The Bertz CT molecular complexity index is 1080. The second-order valence-corrected chi connectivity index (χ2v) is 9.31. The second kappa shape index (κ2) is 9.23. The van der Waals surface area contributed by atoms with Gasteiger partial charge >= 0.3 is 5.97 Å². The van der Waals surface area contributed by atoms with Crippen molar-refractivity contribution in [1.82, 2.24) is 5.32 Å². The summed E-state index contributed by atoms with van der Waals surface area (Å²) >= 11 is 5.66. The van der Waals surface area contributed by atoms with E-state index in [1.807, 2.05) is 0 Å². The van der Waals surface area contributed by atoms with Gasteiger partial charge in [-0.2, -0.15) is 0 Å². The van der Waals surface area contributed by atoms with Gasteiger partial charge in [0.15, 0.2) is 0 Å². The highest BCUT2D eigenvalue weighted by molar-refractivity contribution is 7.92. The summed E-state index contributed by atoms with van der Waals surface area (Å²) in [4.78, 5) is 24.9. The van der Waals surface area contributed by atoms with Crippen molar-refractivity contribution in [2.45, 2.75) is 43.0 Å². The number of hydrogen-bond donors (Lipinski definition) is 2. The van der Waals surface area contributed by atoms with Crippen molar-refractivity contribution in [3.8, 4) is 0 Å². The van der Waals surface area contributed by atoms with E-state index in [0.29, 0.717) is 12.8 Å². The first kappa shape index (κ1) is 23.0. The molecule has 0 bridgehead atoms. The number of carbonyl (C=O) groups is 2. The monoisotopic (exact) mass is 468 g/mol. The van der Waals surface area contributed by atoms with Gasteiger partial charge in [0.2, 0.25) is 0 Å². The maximum Gasteiger partial charge on any atom is 0.331 e. The largest absolute Gasteiger partial charge is 0.464 e. The van der Waals surface area contributed by atoms with Gasteiger partial charge in [-0.1, -0.05) is 24.4 Å². The SMILES string of the molecule is CCOC(=O)C1(NC(=O)c2ccc(NS(=O)(=O)c3ccc(F)c(Cl)c3)cc2)CCCC1. The molecule has 31 heavy (non-hydrogen) atoms. The third-order valence-corrected chi connectivity index (χ3v) is 6.75. The lowest BCUT2D eigenvalue weighted by molar-refractivity contribution is -0.150. The number of hydrogen-bond acceptors (Lipinski definition) is 5. The van der Waals surface area contributed by atoms with Crippen molar-refractivity contribution in [2.24, 2.45) is 0 Å². The predicted octanol–water partition coefficient (Wildman–Crippen LogP) is 3.89. The molecule has 0 saturated heterocycles. The number of carbonyl (C=O) groups excluding carboxylic acids is 2. The highest BCUT2D eigenvalue weighted by Gasteiger charge is 2.43. The predicted molar refractivity (Wildman–Crippen MR) is 114 cm³/mol. The molecular weight excluding hydrogens is 447 g/mol. The second-order valence-electron chi connectivity index (χ2n) is 7.22. The summed E-state index contributed by atoms with van der Waals surface area (Å²) in [6.45, 7) is 1.94. The Hall–Kier alpha value is -2.65. The zero-order chi connectivity index (χ0) is 22.6. The fourth-order valence-corrected chi connectivity index (χ4v) is 4.79. The van der Waals surface area contributed by atoms with Gasteiger partial charge in [0, 0.05) is 11.3 Å². The van der Waals surface area contributed by atoms with Crippen LogP contribution in [0.15, 0.2) is 47.4 Å². The Kier molecular flexibility index (Phi) is 6.86. The number of nitrogens with one attached hydrogen (secondary N) is 2. The van der Waals surface area contributed by atoms with E-state index >= 15 is 0 Å². The first-order chi connectivity index (χ1) is 14.7. The average molecular weight is 469 g/mol. The van der Waals surface area contributed by atoms with Crippen LogP contribution in [0.3, 0.4) is 0 Å². The minimum atomic E-state index is -3.99. The number of amides is 1. The molecule has 2 N–H and O–H groups in total. The summed E-state index contributed by atoms with van der Waals surface area (Å²) in [5.74, 6) is -1.61. The fraction of sp³-hybridized carbons (Fsp3) is 0.333. The van der Waals surface area contributed by atoms with Gasteiger partial charge in [0.25, 0.3) is 15.9 Å². The van der Waals surface area contributed by atoms with E-state index in [1.165, 1.54) is 24.3 Å². The van der Waals surface area contributed by atoms with Crippen molar-refractivity contribution >= 4 is 39.2 Å². The first-order valence-electron chi connectivity index (χ1n) is 9.74. The lowest BCUT2D eigenvalue weighted by atomic mass is 9.97. The molecule has 1 aliphatic rings. The van der Waals surface area contributed by atoms with Crippen LogP contribution < -0.4 is 10.0 Å². The van der Waals surface area contributed by atoms with Crippen LogP contribution in [0.25, 0.3) is 0 Å². The molecular formula is C21H22ClFN2O5S. The molecule has 7 nitrogen and oxygen atoms in total.